The van der Waals surface area contributed by atoms with E-state index >= 15 is 0 Å². The van der Waals surface area contributed by atoms with Gasteiger partial charge in [0, 0.05) is 38.3 Å². The molecule has 2 aliphatic heterocycles. The molecular formula is C26H35N7O. The first-order chi connectivity index (χ1) is 16.5. The van der Waals surface area contributed by atoms with Crippen LogP contribution in [0.25, 0.3) is 0 Å². The lowest BCUT2D eigenvalue weighted by atomic mass is 9.93. The smallest absolute Gasteiger partial charge is 0.318 e. The Hall–Kier alpha value is -3.18. The second-order valence-corrected chi connectivity index (χ2v) is 9.62. The van der Waals surface area contributed by atoms with Gasteiger partial charge in [-0.2, -0.15) is 5.26 Å². The maximum absolute atomic E-state index is 13.0. The number of urea groups is 1. The lowest BCUT2D eigenvalue weighted by molar-refractivity contribution is 0.139. The van der Waals surface area contributed by atoms with Gasteiger partial charge in [0.15, 0.2) is 0 Å². The lowest BCUT2D eigenvalue weighted by Crippen LogP contribution is -2.61. The summed E-state index contributed by atoms with van der Waals surface area (Å²) < 4.78 is 0. The number of benzene rings is 1. The summed E-state index contributed by atoms with van der Waals surface area (Å²) in [7, 11) is 0. The SMILES string of the molecule is C[C@H]1CN(c2ncc(C#N)cn2)C[C@H](C)N1C(=O)NCCC1CCN(Cc2ccccc2)CC1. The third-order valence-corrected chi connectivity index (χ3v) is 6.99. The lowest BCUT2D eigenvalue weighted by Gasteiger charge is -2.44. The van der Waals surface area contributed by atoms with Crippen LogP contribution in [0.3, 0.4) is 0 Å². The Kier molecular flexibility index (Phi) is 7.96. The highest BCUT2D eigenvalue weighted by Gasteiger charge is 2.34. The number of nitrogens with one attached hydrogen (secondary N) is 1. The number of nitrogens with zero attached hydrogens (tertiary/aromatic N) is 6. The number of nitriles is 1. The highest BCUT2D eigenvalue weighted by molar-refractivity contribution is 5.75. The van der Waals surface area contributed by atoms with Crippen LogP contribution in [0, 0.1) is 17.2 Å². The number of amides is 2. The molecule has 34 heavy (non-hydrogen) atoms. The van der Waals surface area contributed by atoms with Crippen LogP contribution < -0.4 is 10.2 Å². The first kappa shape index (κ1) is 24.0. The quantitative estimate of drug-likeness (QED) is 0.710. The largest absolute Gasteiger partial charge is 0.338 e. The molecule has 2 atom stereocenters. The molecule has 8 heteroatoms. The number of rotatable bonds is 6. The fraction of sp³-hybridized carbons (Fsp3) is 0.538. The maximum Gasteiger partial charge on any atom is 0.318 e. The minimum Gasteiger partial charge on any atom is -0.338 e. The molecule has 0 bridgehead atoms. The van der Waals surface area contributed by atoms with Crippen LogP contribution in [-0.2, 0) is 6.54 Å². The monoisotopic (exact) mass is 461 g/mol. The minimum absolute atomic E-state index is 0.0157. The molecule has 0 saturated carbocycles. The first-order valence-corrected chi connectivity index (χ1v) is 12.3. The van der Waals surface area contributed by atoms with Gasteiger partial charge in [-0.15, -0.1) is 0 Å². The second-order valence-electron chi connectivity index (χ2n) is 9.62. The fourth-order valence-corrected chi connectivity index (χ4v) is 5.18. The van der Waals surface area contributed by atoms with E-state index in [0.29, 0.717) is 30.5 Å². The van der Waals surface area contributed by atoms with E-state index < -0.39 is 0 Å². The summed E-state index contributed by atoms with van der Waals surface area (Å²) in [4.78, 5) is 28.2. The van der Waals surface area contributed by atoms with Crippen LogP contribution in [0.4, 0.5) is 10.7 Å². The van der Waals surface area contributed by atoms with Gasteiger partial charge in [0.1, 0.15) is 6.07 Å². The first-order valence-electron chi connectivity index (χ1n) is 12.3. The molecule has 2 aliphatic rings. The zero-order valence-electron chi connectivity index (χ0n) is 20.2. The number of hydrogen-bond acceptors (Lipinski definition) is 6. The Balaban J connectivity index is 1.19. The number of likely N-dealkylation sites (tertiary alicyclic amines) is 1. The van der Waals surface area contributed by atoms with Crippen molar-refractivity contribution in [2.45, 2.75) is 51.7 Å². The van der Waals surface area contributed by atoms with Crippen LogP contribution in [0.2, 0.25) is 0 Å². The molecule has 2 saturated heterocycles. The third-order valence-electron chi connectivity index (χ3n) is 6.99. The molecule has 2 fully saturated rings. The Labute approximate surface area is 202 Å². The predicted octanol–water partition coefficient (Wildman–Crippen LogP) is 3.26. The van der Waals surface area contributed by atoms with E-state index in [9.17, 15) is 4.79 Å². The van der Waals surface area contributed by atoms with E-state index in [1.54, 1.807) is 12.4 Å². The van der Waals surface area contributed by atoms with Crippen molar-refractivity contribution in [2.75, 3.05) is 37.6 Å². The second kappa shape index (κ2) is 11.3. The predicted molar refractivity (Wildman–Crippen MR) is 132 cm³/mol. The highest BCUT2D eigenvalue weighted by atomic mass is 16.2. The number of carbonyl (C=O) groups is 1. The van der Waals surface area contributed by atoms with Crippen LogP contribution >= 0.6 is 0 Å². The summed E-state index contributed by atoms with van der Waals surface area (Å²) in [6, 6.07) is 12.8. The van der Waals surface area contributed by atoms with Crippen LogP contribution in [0.15, 0.2) is 42.7 Å². The van der Waals surface area contributed by atoms with Crippen molar-refractivity contribution in [3.05, 3.63) is 53.9 Å². The fourth-order valence-electron chi connectivity index (χ4n) is 5.18. The van der Waals surface area contributed by atoms with E-state index in [2.05, 4.69) is 69.3 Å². The zero-order valence-corrected chi connectivity index (χ0v) is 20.2. The van der Waals surface area contributed by atoms with Crippen molar-refractivity contribution in [1.82, 2.24) is 25.1 Å². The average Bonchev–Trinajstić information content (AvgIpc) is 2.85. The highest BCUT2D eigenvalue weighted by Crippen LogP contribution is 2.22. The molecule has 3 heterocycles. The number of piperidine rings is 1. The number of hydrogen-bond donors (Lipinski definition) is 1. The van der Waals surface area contributed by atoms with Crippen molar-refractivity contribution < 1.29 is 4.79 Å². The van der Waals surface area contributed by atoms with Gasteiger partial charge in [0.2, 0.25) is 5.95 Å². The summed E-state index contributed by atoms with van der Waals surface area (Å²) in [5, 5.41) is 12.1. The van der Waals surface area contributed by atoms with Crippen LogP contribution in [-0.4, -0.2) is 70.6 Å². The molecule has 180 valence electrons. The number of anilines is 1. The zero-order chi connectivity index (χ0) is 23.9. The third kappa shape index (κ3) is 6.03. The Morgan fingerprint density at radius 3 is 2.35 bits per heavy atom. The van der Waals surface area contributed by atoms with Gasteiger partial charge in [0.05, 0.1) is 18.0 Å². The molecule has 2 aromatic rings. The Morgan fingerprint density at radius 1 is 1.09 bits per heavy atom. The number of carbonyl (C=O) groups excluding carboxylic acids is 1. The van der Waals surface area contributed by atoms with E-state index in [-0.39, 0.29) is 18.1 Å². The summed E-state index contributed by atoms with van der Waals surface area (Å²) in [6.45, 7) is 9.47. The Morgan fingerprint density at radius 2 is 1.74 bits per heavy atom. The van der Waals surface area contributed by atoms with Crippen LogP contribution in [0.1, 0.15) is 44.2 Å². The normalized spacial score (nSPS) is 21.8. The van der Waals surface area contributed by atoms with Crippen molar-refractivity contribution in [3.63, 3.8) is 0 Å². The molecule has 2 amide bonds. The molecule has 1 N–H and O–H groups in total. The van der Waals surface area contributed by atoms with Gasteiger partial charge in [-0.3, -0.25) is 4.90 Å². The average molecular weight is 462 g/mol. The molecular weight excluding hydrogens is 426 g/mol. The summed E-state index contributed by atoms with van der Waals surface area (Å²) in [6.07, 6.45) is 6.51. The summed E-state index contributed by atoms with van der Waals surface area (Å²) >= 11 is 0. The topological polar surface area (TPSA) is 88.4 Å². The van der Waals surface area contributed by atoms with E-state index in [0.717, 1.165) is 32.6 Å². The summed E-state index contributed by atoms with van der Waals surface area (Å²) in [5.74, 6) is 1.28. The number of aromatic nitrogens is 2. The molecule has 1 aromatic carbocycles. The molecule has 0 unspecified atom stereocenters. The van der Waals surface area contributed by atoms with Gasteiger partial charge in [-0.05, 0) is 57.7 Å². The standard InChI is InChI=1S/C26H35N7O/c1-20-17-32(25-29-15-24(14-27)16-30-25)18-21(2)33(20)26(34)28-11-8-22-9-12-31(13-10-22)19-23-6-4-3-5-7-23/h3-7,15-16,20-22H,8-13,17-19H2,1-2H3,(H,28,34)/t20-,21-/m0/s1. The van der Waals surface area contributed by atoms with Crippen molar-refractivity contribution in [2.24, 2.45) is 5.92 Å². The molecule has 1 aromatic heterocycles. The van der Waals surface area contributed by atoms with Gasteiger partial charge in [-0.25, -0.2) is 14.8 Å². The van der Waals surface area contributed by atoms with E-state index in [1.165, 1.54) is 18.4 Å². The minimum atomic E-state index is 0.0157. The summed E-state index contributed by atoms with van der Waals surface area (Å²) in [5.41, 5.74) is 1.83. The van der Waals surface area contributed by atoms with E-state index in [1.807, 2.05) is 11.0 Å². The van der Waals surface area contributed by atoms with Crippen molar-refractivity contribution >= 4 is 12.0 Å². The van der Waals surface area contributed by atoms with Gasteiger partial charge in [0.25, 0.3) is 0 Å². The molecule has 0 aliphatic carbocycles. The molecule has 8 nitrogen and oxygen atoms in total. The van der Waals surface area contributed by atoms with Gasteiger partial charge in [-0.1, -0.05) is 30.3 Å². The van der Waals surface area contributed by atoms with Gasteiger partial charge < -0.3 is 15.1 Å². The van der Waals surface area contributed by atoms with Crippen molar-refractivity contribution in [1.29, 1.82) is 5.26 Å². The van der Waals surface area contributed by atoms with E-state index in [4.69, 9.17) is 5.26 Å². The molecule has 0 radical (unpaired) electrons. The molecule has 0 spiro atoms. The number of piperazine rings is 1. The van der Waals surface area contributed by atoms with Crippen molar-refractivity contribution in [3.8, 4) is 6.07 Å². The van der Waals surface area contributed by atoms with Crippen LogP contribution in [0.5, 0.6) is 0 Å². The molecule has 4 rings (SSSR count). The Bertz CT molecular complexity index is 955. The van der Waals surface area contributed by atoms with Gasteiger partial charge >= 0.3 is 6.03 Å². The maximum atomic E-state index is 13.0.